The van der Waals surface area contributed by atoms with Gasteiger partial charge >= 0.3 is 6.09 Å². The van der Waals surface area contributed by atoms with Crippen molar-refractivity contribution in [3.8, 4) is 0 Å². The van der Waals surface area contributed by atoms with E-state index in [-0.39, 0.29) is 0 Å². The topological polar surface area (TPSA) is 29.3 Å². The number of alkyl halides is 3. The van der Waals surface area contributed by atoms with Crippen LogP contribution in [-0.2, 0) is 10.3 Å². The minimum Gasteiger partial charge on any atom is -0.453 e. The first-order valence-corrected chi connectivity index (χ1v) is 8.12. The highest BCUT2D eigenvalue weighted by atomic mass is 35.6. The molecule has 1 unspecified atom stereocenters. The van der Waals surface area contributed by atoms with Crippen LogP contribution in [0.25, 0.3) is 0 Å². The van der Waals surface area contributed by atoms with Crippen molar-refractivity contribution >= 4 is 40.9 Å². The van der Waals surface area contributed by atoms with Crippen LogP contribution in [0.5, 0.6) is 0 Å². The van der Waals surface area contributed by atoms with Crippen molar-refractivity contribution < 1.29 is 9.53 Å². The van der Waals surface area contributed by atoms with Gasteiger partial charge in [-0.1, -0.05) is 95.5 Å². The first-order chi connectivity index (χ1) is 10.9. The number of hydrogen-bond donors (Lipinski definition) is 0. The Kier molecular flexibility index (Phi) is 4.21. The summed E-state index contributed by atoms with van der Waals surface area (Å²) in [7, 11) is 1.32. The molecule has 23 heavy (non-hydrogen) atoms. The van der Waals surface area contributed by atoms with Crippen molar-refractivity contribution in [2.45, 2.75) is 15.4 Å². The van der Waals surface area contributed by atoms with Crippen LogP contribution in [0.3, 0.4) is 0 Å². The quantitative estimate of drug-likeness (QED) is 0.564. The molecule has 120 valence electrons. The second-order valence-corrected chi connectivity index (χ2v) is 7.65. The van der Waals surface area contributed by atoms with Crippen LogP contribution in [0.15, 0.2) is 60.7 Å². The minimum absolute atomic E-state index is 0.533. The summed E-state index contributed by atoms with van der Waals surface area (Å²) in [6.07, 6.45) is -0.533. The first kappa shape index (κ1) is 16.4. The van der Waals surface area contributed by atoms with Gasteiger partial charge in [0.15, 0.2) is 0 Å². The lowest BCUT2D eigenvalue weighted by molar-refractivity contribution is 0.147. The zero-order valence-electron chi connectivity index (χ0n) is 12.2. The number of benzene rings is 2. The molecule has 0 aromatic heterocycles. The largest absolute Gasteiger partial charge is 0.453 e. The molecule has 1 aliphatic heterocycles. The lowest BCUT2D eigenvalue weighted by Gasteiger charge is -2.19. The molecule has 6 heteroatoms. The summed E-state index contributed by atoms with van der Waals surface area (Å²) in [4.78, 5) is 13.8. The zero-order chi connectivity index (χ0) is 16.7. The summed E-state index contributed by atoms with van der Waals surface area (Å²) in [6, 6.07) is 18.4. The highest BCUT2D eigenvalue weighted by Gasteiger charge is 2.74. The number of hydrogen-bond acceptors (Lipinski definition) is 2. The maximum absolute atomic E-state index is 12.3. The van der Waals surface area contributed by atoms with E-state index in [0.29, 0.717) is 0 Å². The molecule has 1 fully saturated rings. The fourth-order valence-electron chi connectivity index (χ4n) is 3.17. The average molecular weight is 371 g/mol. The fourth-order valence-corrected chi connectivity index (χ4v) is 3.93. The normalized spacial score (nSPS) is 19.3. The molecule has 0 N–H and O–H groups in total. The second-order valence-electron chi connectivity index (χ2n) is 5.28. The maximum atomic E-state index is 12.3. The summed E-state index contributed by atoms with van der Waals surface area (Å²) in [5, 5.41) is 0. The van der Waals surface area contributed by atoms with Gasteiger partial charge in [0.25, 0.3) is 0 Å². The van der Waals surface area contributed by atoms with E-state index >= 15 is 0 Å². The van der Waals surface area contributed by atoms with Crippen LogP contribution in [-0.4, -0.2) is 27.9 Å². The Bertz CT molecular complexity index is 661. The number of amides is 1. The smallest absolute Gasteiger partial charge is 0.411 e. The van der Waals surface area contributed by atoms with Crippen molar-refractivity contribution in [1.82, 2.24) is 4.90 Å². The van der Waals surface area contributed by atoms with Gasteiger partial charge in [-0.3, -0.25) is 4.90 Å². The minimum atomic E-state index is -1.65. The number of rotatable bonds is 2. The van der Waals surface area contributed by atoms with Crippen LogP contribution in [0, 0.1) is 0 Å². The predicted octanol–water partition coefficient (Wildman–Crippen LogP) is 4.75. The first-order valence-electron chi connectivity index (χ1n) is 6.99. The number of methoxy groups -OCH3 is 1. The van der Waals surface area contributed by atoms with E-state index in [4.69, 9.17) is 39.5 Å². The standard InChI is InChI=1S/C17H14Cl3NO2/c1-23-15(22)21-14(17(18,19)20)16(21,12-8-4-2-5-9-12)13-10-6-3-7-11-13/h2-11,14H,1H3. The molecule has 3 nitrogen and oxygen atoms in total. The van der Waals surface area contributed by atoms with E-state index in [1.54, 1.807) is 0 Å². The lowest BCUT2D eigenvalue weighted by atomic mass is 9.87. The molecule has 0 saturated carbocycles. The third kappa shape index (κ3) is 2.57. The van der Waals surface area contributed by atoms with E-state index in [9.17, 15) is 4.79 Å². The molecule has 2 aromatic rings. The predicted molar refractivity (Wildman–Crippen MR) is 92.0 cm³/mol. The Balaban J connectivity index is 2.23. The zero-order valence-corrected chi connectivity index (χ0v) is 14.5. The van der Waals surface area contributed by atoms with Gasteiger partial charge in [-0.15, -0.1) is 0 Å². The molecule has 0 bridgehead atoms. The molecular formula is C17H14Cl3NO2. The van der Waals surface area contributed by atoms with Crippen LogP contribution in [0.2, 0.25) is 0 Å². The van der Waals surface area contributed by atoms with E-state index in [0.717, 1.165) is 11.1 Å². The van der Waals surface area contributed by atoms with Gasteiger partial charge in [0, 0.05) is 0 Å². The van der Waals surface area contributed by atoms with Crippen molar-refractivity contribution in [2.75, 3.05) is 7.11 Å². The molecular weight excluding hydrogens is 357 g/mol. The monoisotopic (exact) mass is 369 g/mol. The summed E-state index contributed by atoms with van der Waals surface area (Å²) in [6.45, 7) is 0. The Labute approximate surface area is 149 Å². The Morgan fingerprint density at radius 2 is 1.43 bits per heavy atom. The average Bonchev–Trinajstić information content (AvgIpc) is 3.28. The van der Waals surface area contributed by atoms with Gasteiger partial charge < -0.3 is 4.74 Å². The van der Waals surface area contributed by atoms with Gasteiger partial charge in [-0.05, 0) is 11.1 Å². The molecule has 1 heterocycles. The molecule has 3 rings (SSSR count). The third-order valence-corrected chi connectivity index (χ3v) is 4.70. The van der Waals surface area contributed by atoms with Crippen LogP contribution < -0.4 is 0 Å². The van der Waals surface area contributed by atoms with E-state index in [1.807, 2.05) is 60.7 Å². The summed E-state index contributed by atoms with van der Waals surface area (Å²) < 4.78 is 3.26. The number of carbonyl (C=O) groups excluding carboxylic acids is 1. The van der Waals surface area contributed by atoms with Crippen LogP contribution >= 0.6 is 34.8 Å². The van der Waals surface area contributed by atoms with Crippen LogP contribution in [0.1, 0.15) is 11.1 Å². The highest BCUT2D eigenvalue weighted by Crippen LogP contribution is 2.62. The molecule has 1 saturated heterocycles. The van der Waals surface area contributed by atoms with Crippen molar-refractivity contribution in [1.29, 1.82) is 0 Å². The van der Waals surface area contributed by atoms with Gasteiger partial charge in [-0.2, -0.15) is 0 Å². The van der Waals surface area contributed by atoms with Crippen molar-refractivity contribution in [2.24, 2.45) is 0 Å². The molecule has 0 aliphatic carbocycles. The molecule has 2 aromatic carbocycles. The van der Waals surface area contributed by atoms with Crippen molar-refractivity contribution in [3.63, 3.8) is 0 Å². The maximum Gasteiger partial charge on any atom is 0.411 e. The Morgan fingerprint density at radius 1 is 1.00 bits per heavy atom. The van der Waals surface area contributed by atoms with Gasteiger partial charge in [0.2, 0.25) is 3.79 Å². The third-order valence-electron chi connectivity index (χ3n) is 4.08. The number of nitrogens with zero attached hydrogens (tertiary/aromatic N) is 1. The van der Waals surface area contributed by atoms with Crippen molar-refractivity contribution in [3.05, 3.63) is 71.8 Å². The highest BCUT2D eigenvalue weighted by molar-refractivity contribution is 6.68. The van der Waals surface area contributed by atoms with Gasteiger partial charge in [0.1, 0.15) is 11.6 Å². The molecule has 0 radical (unpaired) electrons. The van der Waals surface area contributed by atoms with Gasteiger partial charge in [0.05, 0.1) is 7.11 Å². The Hall–Kier alpha value is -1.42. The van der Waals surface area contributed by atoms with E-state index in [1.165, 1.54) is 12.0 Å². The summed E-state index contributed by atoms with van der Waals surface area (Å²) in [5.41, 5.74) is 0.877. The molecule has 0 spiro atoms. The molecule has 1 atom stereocenters. The van der Waals surface area contributed by atoms with E-state index < -0.39 is 21.5 Å². The second kappa shape index (κ2) is 5.90. The van der Waals surface area contributed by atoms with Gasteiger partial charge in [-0.25, -0.2) is 4.79 Å². The summed E-state index contributed by atoms with van der Waals surface area (Å²) in [5.74, 6) is 0. The number of carbonyl (C=O) groups is 1. The number of halogens is 3. The molecule has 1 amide bonds. The van der Waals surface area contributed by atoms with Crippen LogP contribution in [0.4, 0.5) is 4.79 Å². The summed E-state index contributed by atoms with van der Waals surface area (Å²) >= 11 is 18.6. The van der Waals surface area contributed by atoms with E-state index in [2.05, 4.69) is 0 Å². The fraction of sp³-hybridized carbons (Fsp3) is 0.235. The lowest BCUT2D eigenvalue weighted by Crippen LogP contribution is -2.24. The number of ether oxygens (including phenoxy) is 1. The molecule has 1 aliphatic rings. The Morgan fingerprint density at radius 3 is 1.78 bits per heavy atom. The SMILES string of the molecule is COC(=O)N1C(C(Cl)(Cl)Cl)C1(c1ccccc1)c1ccccc1.